The zero-order valence-electron chi connectivity index (χ0n) is 19.4. The second-order valence-corrected chi connectivity index (χ2v) is 11.5. The molecule has 2 fully saturated rings. The molecule has 12 heteroatoms. The van der Waals surface area contributed by atoms with E-state index in [1.807, 2.05) is 0 Å². The van der Waals surface area contributed by atoms with E-state index in [4.69, 9.17) is 10.5 Å². The summed E-state index contributed by atoms with van der Waals surface area (Å²) < 4.78 is 47.4. The van der Waals surface area contributed by atoms with Crippen LogP contribution in [-0.2, 0) is 19.4 Å². The molecule has 0 spiro atoms. The molecule has 190 valence electrons. The van der Waals surface area contributed by atoms with Crippen molar-refractivity contribution in [2.45, 2.75) is 48.3 Å². The van der Waals surface area contributed by atoms with Gasteiger partial charge in [-0.05, 0) is 62.3 Å². The Morgan fingerprint density at radius 3 is 2.56 bits per heavy atom. The van der Waals surface area contributed by atoms with Gasteiger partial charge in [0.1, 0.15) is 17.7 Å². The van der Waals surface area contributed by atoms with Crippen LogP contribution in [0.5, 0.6) is 0 Å². The second-order valence-electron chi connectivity index (χ2n) is 9.26. The van der Waals surface area contributed by atoms with Crippen molar-refractivity contribution < 1.29 is 27.1 Å². The van der Waals surface area contributed by atoms with Crippen molar-refractivity contribution in [1.82, 2.24) is 14.8 Å². The quantitative estimate of drug-likeness (QED) is 0.469. The van der Waals surface area contributed by atoms with Gasteiger partial charge in [0.2, 0.25) is 11.8 Å². The topological polar surface area (TPSA) is 146 Å². The molecular formula is C24H26FN5O5S. The summed E-state index contributed by atoms with van der Waals surface area (Å²) in [4.78, 5) is 28.8. The van der Waals surface area contributed by atoms with Gasteiger partial charge in [0.15, 0.2) is 9.84 Å². The predicted octanol–water partition coefficient (Wildman–Crippen LogP) is 2.60. The highest BCUT2D eigenvalue weighted by atomic mass is 32.2. The van der Waals surface area contributed by atoms with Gasteiger partial charge in [-0.25, -0.2) is 17.8 Å². The van der Waals surface area contributed by atoms with Crippen molar-refractivity contribution in [1.29, 1.82) is 0 Å². The van der Waals surface area contributed by atoms with Gasteiger partial charge in [-0.2, -0.15) is 5.10 Å². The Labute approximate surface area is 206 Å². The molecule has 2 amide bonds. The van der Waals surface area contributed by atoms with Crippen LogP contribution >= 0.6 is 0 Å². The first-order valence-corrected chi connectivity index (χ1v) is 13.3. The fraction of sp³-hybridized carbons (Fsp3) is 0.417. The number of benzene rings is 1. The highest BCUT2D eigenvalue weighted by molar-refractivity contribution is 7.92. The number of nitrogens with one attached hydrogen (secondary N) is 1. The molecule has 3 heterocycles. The van der Waals surface area contributed by atoms with Crippen LogP contribution in [0.2, 0.25) is 0 Å². The second kappa shape index (κ2) is 9.58. The van der Waals surface area contributed by atoms with Crippen molar-refractivity contribution in [2.75, 3.05) is 18.5 Å². The number of carbonyl (C=O) groups excluding carboxylic acids is 2. The third-order valence-electron chi connectivity index (χ3n) is 6.71. The van der Waals surface area contributed by atoms with Gasteiger partial charge in [-0.3, -0.25) is 14.3 Å². The number of hydrogen-bond acceptors (Lipinski definition) is 7. The number of amides is 2. The van der Waals surface area contributed by atoms with Crippen molar-refractivity contribution in [3.05, 3.63) is 48.0 Å². The number of hydrogen-bond donors (Lipinski definition) is 2. The van der Waals surface area contributed by atoms with Gasteiger partial charge < -0.3 is 15.8 Å². The van der Waals surface area contributed by atoms with E-state index in [0.717, 1.165) is 18.9 Å². The SMILES string of the molecule is NC(=O)c1ccc(NC(=O)C(CC2CCOCC2)n2ncc3c(S(=O)(=O)C4CC4)cc(F)cc32)nc1. The number of aromatic nitrogens is 3. The minimum atomic E-state index is -3.69. The molecular weight excluding hydrogens is 489 g/mol. The van der Waals surface area contributed by atoms with Gasteiger partial charge in [-0.15, -0.1) is 0 Å². The van der Waals surface area contributed by atoms with Gasteiger partial charge in [0.25, 0.3) is 0 Å². The van der Waals surface area contributed by atoms with Crippen LogP contribution in [0, 0.1) is 11.7 Å². The van der Waals surface area contributed by atoms with E-state index < -0.39 is 38.8 Å². The van der Waals surface area contributed by atoms with E-state index in [2.05, 4.69) is 15.4 Å². The fourth-order valence-electron chi connectivity index (χ4n) is 4.56. The van der Waals surface area contributed by atoms with Crippen LogP contribution in [0.3, 0.4) is 0 Å². The molecule has 1 aliphatic carbocycles. The maximum atomic E-state index is 14.7. The molecule has 1 aromatic carbocycles. The Morgan fingerprint density at radius 2 is 1.92 bits per heavy atom. The lowest BCUT2D eigenvalue weighted by molar-refractivity contribution is -0.120. The van der Waals surface area contributed by atoms with Gasteiger partial charge in [-0.1, -0.05) is 0 Å². The normalized spacial score (nSPS) is 17.7. The summed E-state index contributed by atoms with van der Waals surface area (Å²) in [7, 11) is -3.69. The maximum Gasteiger partial charge on any atom is 0.250 e. The van der Waals surface area contributed by atoms with Crippen LogP contribution in [-0.4, -0.2) is 53.5 Å². The molecule has 1 saturated carbocycles. The van der Waals surface area contributed by atoms with Crippen LogP contribution < -0.4 is 11.1 Å². The Bertz CT molecular complexity index is 1410. The molecule has 1 atom stereocenters. The summed E-state index contributed by atoms with van der Waals surface area (Å²) in [5, 5.41) is 6.88. The Kier molecular flexibility index (Phi) is 6.47. The predicted molar refractivity (Wildman–Crippen MR) is 128 cm³/mol. The lowest BCUT2D eigenvalue weighted by Crippen LogP contribution is -2.30. The molecule has 0 radical (unpaired) electrons. The number of rotatable bonds is 8. The number of anilines is 1. The molecule has 5 rings (SSSR count). The molecule has 1 aliphatic heterocycles. The third-order valence-corrected chi connectivity index (χ3v) is 9.01. The molecule has 10 nitrogen and oxygen atoms in total. The lowest BCUT2D eigenvalue weighted by Gasteiger charge is -2.26. The van der Waals surface area contributed by atoms with Crippen molar-refractivity contribution in [3.63, 3.8) is 0 Å². The summed E-state index contributed by atoms with van der Waals surface area (Å²) in [6.07, 6.45) is 5.64. The van der Waals surface area contributed by atoms with E-state index >= 15 is 0 Å². The third kappa shape index (κ3) is 4.82. The molecule has 2 aliphatic rings. The van der Waals surface area contributed by atoms with E-state index in [1.54, 1.807) is 0 Å². The van der Waals surface area contributed by atoms with Crippen molar-refractivity contribution >= 4 is 38.4 Å². The largest absolute Gasteiger partial charge is 0.381 e. The Balaban J connectivity index is 1.52. The average molecular weight is 516 g/mol. The van der Waals surface area contributed by atoms with Gasteiger partial charge in [0.05, 0.1) is 27.4 Å². The van der Waals surface area contributed by atoms with Crippen LogP contribution in [0.15, 0.2) is 41.6 Å². The molecule has 0 bridgehead atoms. The van der Waals surface area contributed by atoms with Crippen LogP contribution in [0.4, 0.5) is 10.2 Å². The highest BCUT2D eigenvalue weighted by Crippen LogP contribution is 2.38. The Morgan fingerprint density at radius 1 is 1.17 bits per heavy atom. The van der Waals surface area contributed by atoms with E-state index in [9.17, 15) is 22.4 Å². The molecule has 36 heavy (non-hydrogen) atoms. The summed E-state index contributed by atoms with van der Waals surface area (Å²) >= 11 is 0. The Hall–Kier alpha value is -3.38. The first-order valence-electron chi connectivity index (χ1n) is 11.8. The standard InChI is InChI=1S/C24H26FN5O5S/c25-16-10-19-18(21(11-16)36(33,34)17-2-3-17)13-28-30(19)20(9-14-5-7-35-8-6-14)24(32)29-22-4-1-15(12-27-22)23(26)31/h1,4,10-14,17,20H,2-3,5-9H2,(H2,26,31)(H,27,29,32). The number of ether oxygens (including phenoxy) is 1. The number of carbonyl (C=O) groups is 2. The number of nitrogens with two attached hydrogens (primary N) is 1. The fourth-order valence-corrected chi connectivity index (χ4v) is 6.42. The number of sulfone groups is 1. The maximum absolute atomic E-state index is 14.7. The molecule has 1 unspecified atom stereocenters. The minimum Gasteiger partial charge on any atom is -0.381 e. The van der Waals surface area contributed by atoms with Gasteiger partial charge in [0, 0.05) is 24.8 Å². The highest BCUT2D eigenvalue weighted by Gasteiger charge is 2.39. The summed E-state index contributed by atoms with van der Waals surface area (Å²) in [5.41, 5.74) is 5.68. The lowest BCUT2D eigenvalue weighted by atomic mass is 9.92. The smallest absolute Gasteiger partial charge is 0.250 e. The first-order chi connectivity index (χ1) is 17.2. The van der Waals surface area contributed by atoms with Crippen LogP contribution in [0.25, 0.3) is 10.9 Å². The summed E-state index contributed by atoms with van der Waals surface area (Å²) in [6.45, 7) is 1.15. The molecule has 3 aromatic rings. The minimum absolute atomic E-state index is 0.0971. The van der Waals surface area contributed by atoms with E-state index in [-0.39, 0.29) is 33.1 Å². The molecule has 3 N–H and O–H groups in total. The first kappa shape index (κ1) is 24.3. The average Bonchev–Trinajstić information content (AvgIpc) is 3.64. The van der Waals surface area contributed by atoms with Gasteiger partial charge >= 0.3 is 0 Å². The molecule has 1 saturated heterocycles. The van der Waals surface area contributed by atoms with E-state index in [0.29, 0.717) is 32.5 Å². The summed E-state index contributed by atoms with van der Waals surface area (Å²) in [6, 6.07) is 4.29. The van der Waals surface area contributed by atoms with E-state index in [1.165, 1.54) is 35.3 Å². The zero-order chi connectivity index (χ0) is 25.4. The monoisotopic (exact) mass is 515 g/mol. The summed E-state index contributed by atoms with van der Waals surface area (Å²) in [5.74, 6) is -1.43. The number of fused-ring (bicyclic) bond motifs is 1. The zero-order valence-corrected chi connectivity index (χ0v) is 20.2. The number of halogens is 1. The number of primary amides is 1. The molecule has 2 aromatic heterocycles. The van der Waals surface area contributed by atoms with Crippen LogP contribution in [0.1, 0.15) is 48.5 Å². The van der Waals surface area contributed by atoms with Crippen molar-refractivity contribution in [3.8, 4) is 0 Å². The number of nitrogens with zero attached hydrogens (tertiary/aromatic N) is 3. The number of pyridine rings is 1. The van der Waals surface area contributed by atoms with Crippen molar-refractivity contribution in [2.24, 2.45) is 11.7 Å².